The minimum absolute atomic E-state index is 0.150. The summed E-state index contributed by atoms with van der Waals surface area (Å²) in [6.45, 7) is 3.64. The van der Waals surface area contributed by atoms with Gasteiger partial charge in [-0.05, 0) is 24.5 Å². The molecule has 1 heterocycles. The van der Waals surface area contributed by atoms with Crippen LogP contribution in [-0.2, 0) is 6.42 Å². The van der Waals surface area contributed by atoms with Gasteiger partial charge < -0.3 is 15.3 Å². The smallest absolute Gasteiger partial charge is 0.352 e. The Balaban J connectivity index is 3.31. The van der Waals surface area contributed by atoms with Crippen LogP contribution >= 0.6 is 0 Å². The third-order valence-electron chi connectivity index (χ3n) is 2.17. The van der Waals surface area contributed by atoms with Crippen molar-refractivity contribution in [2.45, 2.75) is 20.3 Å². The van der Waals surface area contributed by atoms with Gasteiger partial charge in [0.1, 0.15) is 5.69 Å². The fraction of sp³-hybridized carbons (Fsp3) is 0.333. The lowest BCUT2D eigenvalue weighted by Gasteiger charge is -1.95. The Morgan fingerprint density at radius 1 is 1.64 bits per heavy atom. The maximum Gasteiger partial charge on any atom is 0.352 e. The van der Waals surface area contributed by atoms with E-state index in [0.717, 1.165) is 5.56 Å². The van der Waals surface area contributed by atoms with E-state index in [9.17, 15) is 4.79 Å². The number of carbonyl (C=O) groups is 1. The number of nitrogens with zero attached hydrogens (tertiary/aromatic N) is 1. The van der Waals surface area contributed by atoms with Gasteiger partial charge in [-0.15, -0.1) is 0 Å². The molecule has 0 fully saturated rings. The summed E-state index contributed by atoms with van der Waals surface area (Å²) >= 11 is 0. The van der Waals surface area contributed by atoms with Gasteiger partial charge in [0, 0.05) is 0 Å². The van der Waals surface area contributed by atoms with Gasteiger partial charge in [-0.1, -0.05) is 12.1 Å². The van der Waals surface area contributed by atoms with Crippen LogP contribution in [-0.4, -0.2) is 27.5 Å². The molecule has 1 rings (SSSR count). The van der Waals surface area contributed by atoms with Gasteiger partial charge >= 0.3 is 5.97 Å². The molecule has 14 heavy (non-hydrogen) atoms. The van der Waals surface area contributed by atoms with E-state index >= 15 is 0 Å². The molecule has 0 aliphatic heterocycles. The zero-order valence-electron chi connectivity index (χ0n) is 8.03. The van der Waals surface area contributed by atoms with Crippen LogP contribution in [0.15, 0.2) is 5.16 Å². The van der Waals surface area contributed by atoms with Crippen molar-refractivity contribution in [2.24, 2.45) is 5.16 Å². The second-order valence-corrected chi connectivity index (χ2v) is 2.92. The number of aromatic nitrogens is 1. The quantitative estimate of drug-likeness (QED) is 0.388. The summed E-state index contributed by atoms with van der Waals surface area (Å²) in [7, 11) is 0. The Hall–Kier alpha value is -1.78. The molecule has 0 spiro atoms. The monoisotopic (exact) mass is 196 g/mol. The van der Waals surface area contributed by atoms with Crippen LogP contribution in [0, 0.1) is 6.92 Å². The van der Waals surface area contributed by atoms with Crippen molar-refractivity contribution >= 4 is 12.2 Å². The maximum atomic E-state index is 10.8. The lowest BCUT2D eigenvalue weighted by molar-refractivity contribution is 0.0690. The molecule has 0 saturated carbocycles. The number of carboxylic acids is 1. The normalized spacial score (nSPS) is 11.0. The summed E-state index contributed by atoms with van der Waals surface area (Å²) in [6, 6.07) is 0. The van der Waals surface area contributed by atoms with Gasteiger partial charge in [0.2, 0.25) is 0 Å². The Labute approximate surface area is 81.1 Å². The molecule has 0 aliphatic rings. The van der Waals surface area contributed by atoms with Crippen LogP contribution < -0.4 is 0 Å². The first kappa shape index (κ1) is 10.3. The van der Waals surface area contributed by atoms with Crippen LogP contribution in [0.4, 0.5) is 0 Å². The third-order valence-corrected chi connectivity index (χ3v) is 2.17. The molecule has 0 aliphatic carbocycles. The fourth-order valence-electron chi connectivity index (χ4n) is 1.49. The summed E-state index contributed by atoms with van der Waals surface area (Å²) in [6.07, 6.45) is 1.90. The SMILES string of the molecule is CCc1c(/C=N/O)[nH]c(C(=O)O)c1C. The highest BCUT2D eigenvalue weighted by Gasteiger charge is 2.16. The number of nitrogens with one attached hydrogen (secondary N) is 1. The highest BCUT2D eigenvalue weighted by molar-refractivity contribution is 5.91. The topological polar surface area (TPSA) is 85.7 Å². The molecule has 0 saturated heterocycles. The summed E-state index contributed by atoms with van der Waals surface area (Å²) in [5, 5.41) is 20.1. The van der Waals surface area contributed by atoms with Crippen LogP contribution in [0.2, 0.25) is 0 Å². The van der Waals surface area contributed by atoms with Crippen LogP contribution in [0.1, 0.15) is 34.2 Å². The first-order valence-corrected chi connectivity index (χ1v) is 4.24. The molecule has 1 aromatic rings. The number of H-pyrrole nitrogens is 1. The second kappa shape index (κ2) is 3.95. The number of hydrogen-bond acceptors (Lipinski definition) is 3. The molecule has 0 aromatic carbocycles. The Kier molecular flexibility index (Phi) is 2.91. The van der Waals surface area contributed by atoms with Gasteiger partial charge in [-0.2, -0.15) is 0 Å². The minimum atomic E-state index is -1.00. The molecule has 0 atom stereocenters. The molecule has 3 N–H and O–H groups in total. The second-order valence-electron chi connectivity index (χ2n) is 2.92. The van der Waals surface area contributed by atoms with E-state index in [1.54, 1.807) is 6.92 Å². The number of aromatic carboxylic acids is 1. The van der Waals surface area contributed by atoms with Gasteiger partial charge in [0.25, 0.3) is 0 Å². The summed E-state index contributed by atoms with van der Waals surface area (Å²) in [4.78, 5) is 13.5. The van der Waals surface area contributed by atoms with Gasteiger partial charge in [0.05, 0.1) is 11.9 Å². The van der Waals surface area contributed by atoms with E-state index in [4.69, 9.17) is 10.3 Å². The van der Waals surface area contributed by atoms with Crippen molar-refractivity contribution in [1.29, 1.82) is 0 Å². The van der Waals surface area contributed by atoms with Crippen molar-refractivity contribution in [3.63, 3.8) is 0 Å². The number of oxime groups is 1. The maximum absolute atomic E-state index is 10.8. The van der Waals surface area contributed by atoms with E-state index in [-0.39, 0.29) is 5.69 Å². The Morgan fingerprint density at radius 3 is 2.71 bits per heavy atom. The fourth-order valence-corrected chi connectivity index (χ4v) is 1.49. The molecular weight excluding hydrogens is 184 g/mol. The molecule has 0 unspecified atom stereocenters. The predicted octanol–water partition coefficient (Wildman–Crippen LogP) is 1.39. The molecule has 5 heteroatoms. The summed E-state index contributed by atoms with van der Waals surface area (Å²) in [5.74, 6) is -1.00. The summed E-state index contributed by atoms with van der Waals surface area (Å²) in [5.41, 5.74) is 2.25. The number of aromatic amines is 1. The van der Waals surface area contributed by atoms with E-state index in [0.29, 0.717) is 17.7 Å². The van der Waals surface area contributed by atoms with Gasteiger partial charge in [0.15, 0.2) is 0 Å². The van der Waals surface area contributed by atoms with E-state index in [1.165, 1.54) is 6.21 Å². The zero-order chi connectivity index (χ0) is 10.7. The van der Waals surface area contributed by atoms with Crippen molar-refractivity contribution in [3.8, 4) is 0 Å². The molecule has 0 amide bonds. The summed E-state index contributed by atoms with van der Waals surface area (Å²) < 4.78 is 0. The number of hydrogen-bond donors (Lipinski definition) is 3. The molecule has 0 radical (unpaired) electrons. The third kappa shape index (κ3) is 1.61. The molecule has 5 nitrogen and oxygen atoms in total. The molecular formula is C9H12N2O3. The lowest BCUT2D eigenvalue weighted by atomic mass is 10.1. The van der Waals surface area contributed by atoms with Crippen LogP contribution in [0.3, 0.4) is 0 Å². The largest absolute Gasteiger partial charge is 0.477 e. The highest BCUT2D eigenvalue weighted by atomic mass is 16.4. The first-order valence-electron chi connectivity index (χ1n) is 4.24. The Morgan fingerprint density at radius 2 is 2.29 bits per heavy atom. The molecule has 0 bridgehead atoms. The average molecular weight is 196 g/mol. The van der Waals surface area contributed by atoms with E-state index < -0.39 is 5.97 Å². The predicted molar refractivity (Wildman–Crippen MR) is 51.2 cm³/mol. The van der Waals surface area contributed by atoms with Crippen molar-refractivity contribution in [1.82, 2.24) is 4.98 Å². The zero-order valence-corrected chi connectivity index (χ0v) is 8.03. The van der Waals surface area contributed by atoms with Crippen LogP contribution in [0.25, 0.3) is 0 Å². The number of rotatable bonds is 3. The van der Waals surface area contributed by atoms with Crippen molar-refractivity contribution in [2.75, 3.05) is 0 Å². The highest BCUT2D eigenvalue weighted by Crippen LogP contribution is 2.17. The number of carboxylic acid groups (broad SMARTS) is 1. The lowest BCUT2D eigenvalue weighted by Crippen LogP contribution is -1.98. The first-order chi connectivity index (χ1) is 6.61. The van der Waals surface area contributed by atoms with Crippen molar-refractivity contribution in [3.05, 3.63) is 22.5 Å². The van der Waals surface area contributed by atoms with E-state index in [2.05, 4.69) is 10.1 Å². The standard InChI is InChI=1S/C9H12N2O3/c1-3-6-5(2)8(9(12)13)11-7(6)4-10-14/h4,11,14H,3H2,1-2H3,(H,12,13)/b10-4+. The van der Waals surface area contributed by atoms with Gasteiger partial charge in [-0.3, -0.25) is 0 Å². The minimum Gasteiger partial charge on any atom is -0.477 e. The molecule has 76 valence electrons. The van der Waals surface area contributed by atoms with Gasteiger partial charge in [-0.25, -0.2) is 4.79 Å². The van der Waals surface area contributed by atoms with Crippen LogP contribution in [0.5, 0.6) is 0 Å². The average Bonchev–Trinajstić information content (AvgIpc) is 2.43. The van der Waals surface area contributed by atoms with Crippen molar-refractivity contribution < 1.29 is 15.1 Å². The molecule has 1 aromatic heterocycles. The van der Waals surface area contributed by atoms with E-state index in [1.807, 2.05) is 6.92 Å². The Bertz CT molecular complexity index is 380.